The SMILES string of the molecule is CNC[C@@H]1OCCc2cc3c(cc21)OCO3.CNC[C@H]1OCCc2cc3c(cc21)OCO3. The molecule has 4 heterocycles. The van der Waals surface area contributed by atoms with Crippen molar-refractivity contribution in [1.29, 1.82) is 0 Å². The van der Waals surface area contributed by atoms with E-state index in [1.165, 1.54) is 22.3 Å². The molecule has 0 bridgehead atoms. The first-order valence-corrected chi connectivity index (χ1v) is 11.1. The molecule has 0 fully saturated rings. The Kier molecular flexibility index (Phi) is 6.36. The summed E-state index contributed by atoms with van der Waals surface area (Å²) < 4.78 is 33.0. The molecule has 8 nitrogen and oxygen atoms in total. The van der Waals surface area contributed by atoms with Crippen molar-refractivity contribution in [3.05, 3.63) is 46.5 Å². The molecule has 6 rings (SSSR count). The molecule has 0 radical (unpaired) electrons. The third-order valence-corrected chi connectivity index (χ3v) is 6.12. The summed E-state index contributed by atoms with van der Waals surface area (Å²) >= 11 is 0. The summed E-state index contributed by atoms with van der Waals surface area (Å²) in [5.41, 5.74) is 5.08. The second-order valence-corrected chi connectivity index (χ2v) is 8.14. The van der Waals surface area contributed by atoms with Gasteiger partial charge >= 0.3 is 0 Å². The highest BCUT2D eigenvalue weighted by atomic mass is 16.7. The van der Waals surface area contributed by atoms with Crippen molar-refractivity contribution >= 4 is 0 Å². The maximum atomic E-state index is 5.75. The Labute approximate surface area is 188 Å². The zero-order chi connectivity index (χ0) is 21.9. The average Bonchev–Trinajstić information content (AvgIpc) is 3.46. The van der Waals surface area contributed by atoms with E-state index in [1.54, 1.807) is 0 Å². The van der Waals surface area contributed by atoms with Crippen LogP contribution >= 0.6 is 0 Å². The number of rotatable bonds is 4. The van der Waals surface area contributed by atoms with Crippen LogP contribution in [0.4, 0.5) is 0 Å². The van der Waals surface area contributed by atoms with Crippen LogP contribution in [0.1, 0.15) is 34.5 Å². The fourth-order valence-electron chi connectivity index (χ4n) is 4.54. The van der Waals surface area contributed by atoms with Gasteiger partial charge in [0, 0.05) is 13.1 Å². The summed E-state index contributed by atoms with van der Waals surface area (Å²) in [6.07, 6.45) is 2.16. The van der Waals surface area contributed by atoms with Crippen molar-refractivity contribution in [2.75, 3.05) is 54.0 Å². The summed E-state index contributed by atoms with van der Waals surface area (Å²) in [6.45, 7) is 3.86. The minimum absolute atomic E-state index is 0.128. The number of hydrogen-bond donors (Lipinski definition) is 2. The van der Waals surface area contributed by atoms with Gasteiger partial charge in [-0.1, -0.05) is 0 Å². The van der Waals surface area contributed by atoms with Crippen molar-refractivity contribution < 1.29 is 28.4 Å². The van der Waals surface area contributed by atoms with Crippen LogP contribution in [0.25, 0.3) is 0 Å². The monoisotopic (exact) mass is 442 g/mol. The minimum atomic E-state index is 0.128. The molecular weight excluding hydrogens is 412 g/mol. The van der Waals surface area contributed by atoms with Crippen LogP contribution in [0.3, 0.4) is 0 Å². The molecule has 8 heteroatoms. The number of ether oxygens (including phenoxy) is 6. The van der Waals surface area contributed by atoms with Crippen LogP contribution in [0.2, 0.25) is 0 Å². The largest absolute Gasteiger partial charge is 0.454 e. The highest BCUT2D eigenvalue weighted by molar-refractivity contribution is 5.51. The van der Waals surface area contributed by atoms with E-state index in [9.17, 15) is 0 Å². The van der Waals surface area contributed by atoms with Gasteiger partial charge in [-0.05, 0) is 73.5 Å². The van der Waals surface area contributed by atoms with Crippen molar-refractivity contribution in [2.45, 2.75) is 25.0 Å². The van der Waals surface area contributed by atoms with Crippen molar-refractivity contribution in [2.24, 2.45) is 0 Å². The number of fused-ring (bicyclic) bond motifs is 4. The van der Waals surface area contributed by atoms with Crippen molar-refractivity contribution in [1.82, 2.24) is 10.6 Å². The lowest BCUT2D eigenvalue weighted by atomic mass is 9.96. The van der Waals surface area contributed by atoms with Crippen LogP contribution in [0.5, 0.6) is 23.0 Å². The number of benzene rings is 2. The summed E-state index contributed by atoms with van der Waals surface area (Å²) in [5.74, 6) is 3.41. The molecule has 4 aliphatic rings. The third kappa shape index (κ3) is 4.23. The zero-order valence-electron chi connectivity index (χ0n) is 18.6. The van der Waals surface area contributed by atoms with E-state index < -0.39 is 0 Å². The molecule has 0 amide bonds. The summed E-state index contributed by atoms with van der Waals surface area (Å²) in [5, 5.41) is 6.30. The predicted octanol–water partition coefficient (Wildman–Crippen LogP) is 2.50. The molecular formula is C24H30N2O6. The molecule has 0 saturated heterocycles. The van der Waals surface area contributed by atoms with E-state index in [0.717, 1.165) is 62.1 Å². The van der Waals surface area contributed by atoms with Gasteiger partial charge in [0.1, 0.15) is 0 Å². The van der Waals surface area contributed by atoms with Crippen LogP contribution in [-0.4, -0.2) is 54.0 Å². The first kappa shape index (κ1) is 21.3. The molecule has 0 spiro atoms. The third-order valence-electron chi connectivity index (χ3n) is 6.12. The van der Waals surface area contributed by atoms with Crippen LogP contribution < -0.4 is 29.6 Å². The standard InChI is InChI=1S/2C12H15NO3/c2*1-13-6-12-9-5-11-10(15-7-16-11)4-8(9)2-3-14-12/h2*4-5,12-13H,2-3,6-7H2,1H3/t2*12-/m10/s1. The van der Waals surface area contributed by atoms with Gasteiger partial charge in [-0.15, -0.1) is 0 Å². The lowest BCUT2D eigenvalue weighted by molar-refractivity contribution is 0.0436. The molecule has 0 saturated carbocycles. The lowest BCUT2D eigenvalue weighted by Gasteiger charge is -2.26. The van der Waals surface area contributed by atoms with Gasteiger partial charge in [0.25, 0.3) is 0 Å². The highest BCUT2D eigenvalue weighted by Crippen LogP contribution is 2.40. The minimum Gasteiger partial charge on any atom is -0.454 e. The van der Waals surface area contributed by atoms with Crippen molar-refractivity contribution in [3.63, 3.8) is 0 Å². The number of nitrogens with one attached hydrogen (secondary N) is 2. The van der Waals surface area contributed by atoms with Crippen molar-refractivity contribution in [3.8, 4) is 23.0 Å². The molecule has 0 unspecified atom stereocenters. The normalized spacial score (nSPS) is 21.9. The molecule has 2 aromatic carbocycles. The van der Waals surface area contributed by atoms with E-state index in [1.807, 2.05) is 14.1 Å². The van der Waals surface area contributed by atoms with Gasteiger partial charge in [-0.3, -0.25) is 0 Å². The van der Waals surface area contributed by atoms with E-state index >= 15 is 0 Å². The lowest BCUT2D eigenvalue weighted by Crippen LogP contribution is -2.25. The van der Waals surface area contributed by atoms with Gasteiger partial charge in [-0.2, -0.15) is 0 Å². The van der Waals surface area contributed by atoms with Crippen LogP contribution in [0, 0.1) is 0 Å². The fraction of sp³-hybridized carbons (Fsp3) is 0.500. The summed E-state index contributed by atoms with van der Waals surface area (Å²) in [6, 6.07) is 8.28. The number of hydrogen-bond acceptors (Lipinski definition) is 8. The fourth-order valence-corrected chi connectivity index (χ4v) is 4.54. The number of likely N-dealkylation sites (N-methyl/N-ethyl adjacent to an activating group) is 2. The van der Waals surface area contributed by atoms with Gasteiger partial charge in [0.05, 0.1) is 25.4 Å². The molecule has 2 N–H and O–H groups in total. The van der Waals surface area contributed by atoms with Gasteiger partial charge in [-0.25, -0.2) is 0 Å². The summed E-state index contributed by atoms with van der Waals surface area (Å²) in [4.78, 5) is 0. The first-order chi connectivity index (χ1) is 15.8. The van der Waals surface area contributed by atoms with Crippen LogP contribution in [-0.2, 0) is 22.3 Å². The average molecular weight is 443 g/mol. The van der Waals surface area contributed by atoms with Gasteiger partial charge < -0.3 is 39.1 Å². The van der Waals surface area contributed by atoms with E-state index in [2.05, 4.69) is 34.9 Å². The first-order valence-electron chi connectivity index (χ1n) is 11.1. The van der Waals surface area contributed by atoms with E-state index in [4.69, 9.17) is 28.4 Å². The smallest absolute Gasteiger partial charge is 0.231 e. The van der Waals surface area contributed by atoms with E-state index in [0.29, 0.717) is 13.6 Å². The molecule has 0 aromatic heterocycles. The molecule has 172 valence electrons. The Balaban J connectivity index is 0.000000135. The molecule has 2 aromatic rings. The Hall–Kier alpha value is -2.52. The Morgan fingerprint density at radius 1 is 0.656 bits per heavy atom. The van der Waals surface area contributed by atoms with E-state index in [-0.39, 0.29) is 12.2 Å². The summed E-state index contributed by atoms with van der Waals surface area (Å²) in [7, 11) is 3.87. The zero-order valence-corrected chi connectivity index (χ0v) is 18.6. The Morgan fingerprint density at radius 3 is 1.47 bits per heavy atom. The second kappa shape index (κ2) is 9.54. The predicted molar refractivity (Wildman–Crippen MR) is 118 cm³/mol. The Morgan fingerprint density at radius 2 is 1.06 bits per heavy atom. The molecule has 32 heavy (non-hydrogen) atoms. The van der Waals surface area contributed by atoms with Gasteiger partial charge in [0.15, 0.2) is 23.0 Å². The van der Waals surface area contributed by atoms with Gasteiger partial charge in [0.2, 0.25) is 13.6 Å². The topological polar surface area (TPSA) is 79.4 Å². The molecule has 2 atom stereocenters. The quantitative estimate of drug-likeness (QED) is 0.748. The highest BCUT2D eigenvalue weighted by Gasteiger charge is 2.26. The molecule has 0 aliphatic carbocycles. The maximum absolute atomic E-state index is 5.75. The van der Waals surface area contributed by atoms with Crippen LogP contribution in [0.15, 0.2) is 24.3 Å². The Bertz CT molecular complexity index is 888. The second-order valence-electron chi connectivity index (χ2n) is 8.14. The molecule has 4 aliphatic heterocycles. The maximum Gasteiger partial charge on any atom is 0.231 e.